The van der Waals surface area contributed by atoms with Gasteiger partial charge in [-0.1, -0.05) is 42.9 Å². The summed E-state index contributed by atoms with van der Waals surface area (Å²) >= 11 is 0. The van der Waals surface area contributed by atoms with E-state index in [4.69, 9.17) is 9.47 Å². The number of methoxy groups -OCH3 is 1. The van der Waals surface area contributed by atoms with Crippen LogP contribution in [0.5, 0.6) is 0 Å². The summed E-state index contributed by atoms with van der Waals surface area (Å²) in [5.74, 6) is 6.28. The summed E-state index contributed by atoms with van der Waals surface area (Å²) in [6.45, 7) is 1.51. The van der Waals surface area contributed by atoms with Gasteiger partial charge in [0.1, 0.15) is 6.61 Å². The number of nitrogens with zero attached hydrogens (tertiary/aromatic N) is 1. The lowest BCUT2D eigenvalue weighted by atomic mass is 10.2. The number of hydrogen-bond acceptors (Lipinski definition) is 3. The van der Waals surface area contributed by atoms with Crippen molar-refractivity contribution in [1.82, 2.24) is 4.90 Å². The molecule has 4 heteroatoms. The second kappa shape index (κ2) is 10.0. The smallest absolute Gasteiger partial charge is 0.249 e. The van der Waals surface area contributed by atoms with Crippen LogP contribution in [-0.4, -0.2) is 50.3 Å². The third kappa shape index (κ3) is 6.05. The quantitative estimate of drug-likeness (QED) is 0.573. The molecule has 0 aliphatic heterocycles. The van der Waals surface area contributed by atoms with Gasteiger partial charge in [0, 0.05) is 18.7 Å². The van der Waals surface area contributed by atoms with E-state index >= 15 is 0 Å². The minimum absolute atomic E-state index is 0.0235. The molecule has 0 bridgehead atoms. The predicted molar refractivity (Wildman–Crippen MR) is 90.0 cm³/mol. The number of benzene rings is 1. The van der Waals surface area contributed by atoms with Gasteiger partial charge in [-0.15, -0.1) is 0 Å². The maximum Gasteiger partial charge on any atom is 0.249 e. The second-order valence-electron chi connectivity index (χ2n) is 5.67. The van der Waals surface area contributed by atoms with Crippen molar-refractivity contribution in [3.63, 3.8) is 0 Å². The molecule has 1 aliphatic rings. The van der Waals surface area contributed by atoms with E-state index in [1.54, 1.807) is 7.11 Å². The third-order valence-corrected chi connectivity index (χ3v) is 4.00. The average Bonchev–Trinajstić information content (AvgIpc) is 3.10. The molecule has 2 rings (SSSR count). The number of amides is 1. The van der Waals surface area contributed by atoms with Crippen LogP contribution < -0.4 is 0 Å². The highest BCUT2D eigenvalue weighted by Crippen LogP contribution is 2.23. The zero-order chi connectivity index (χ0) is 16.3. The summed E-state index contributed by atoms with van der Waals surface area (Å²) in [7, 11) is 1.62. The minimum Gasteiger partial charge on any atom is -0.382 e. The molecule has 0 unspecified atom stereocenters. The highest BCUT2D eigenvalue weighted by atomic mass is 16.5. The highest BCUT2D eigenvalue weighted by molar-refractivity contribution is 5.78. The molecule has 0 spiro atoms. The van der Waals surface area contributed by atoms with Gasteiger partial charge in [0.25, 0.3) is 0 Å². The van der Waals surface area contributed by atoms with Crippen molar-refractivity contribution in [2.45, 2.75) is 31.7 Å². The Morgan fingerprint density at radius 3 is 2.65 bits per heavy atom. The number of hydrogen-bond donors (Lipinski definition) is 0. The predicted octanol–water partition coefficient (Wildman–Crippen LogP) is 2.47. The molecule has 1 aromatic carbocycles. The van der Waals surface area contributed by atoms with Crippen molar-refractivity contribution < 1.29 is 14.3 Å². The molecule has 1 amide bonds. The summed E-state index contributed by atoms with van der Waals surface area (Å²) in [5.41, 5.74) is 0.975. The molecular formula is C19H25NO3. The number of carbonyl (C=O) groups is 1. The van der Waals surface area contributed by atoms with E-state index < -0.39 is 0 Å². The van der Waals surface area contributed by atoms with Crippen molar-refractivity contribution in [1.29, 1.82) is 0 Å². The van der Waals surface area contributed by atoms with Gasteiger partial charge in [0.15, 0.2) is 0 Å². The van der Waals surface area contributed by atoms with Crippen molar-refractivity contribution in [3.8, 4) is 11.8 Å². The Hall–Kier alpha value is -1.83. The normalized spacial score (nSPS) is 14.3. The Labute approximate surface area is 138 Å². The van der Waals surface area contributed by atoms with E-state index in [1.807, 2.05) is 35.2 Å². The molecule has 0 heterocycles. The standard InChI is InChI=1S/C19H25NO3/c1-22-14-15-23-16-19(21)20(18-11-5-6-12-18)13-7-10-17-8-3-2-4-9-17/h2-4,8-9,18H,5-6,11-16H2,1H3. The lowest BCUT2D eigenvalue weighted by Gasteiger charge is -2.27. The fourth-order valence-corrected chi connectivity index (χ4v) is 2.77. The average molecular weight is 315 g/mol. The maximum atomic E-state index is 12.4. The first-order valence-electron chi connectivity index (χ1n) is 8.21. The fraction of sp³-hybridized carbons (Fsp3) is 0.526. The topological polar surface area (TPSA) is 38.8 Å². The van der Waals surface area contributed by atoms with Crippen molar-refractivity contribution in [3.05, 3.63) is 35.9 Å². The molecule has 0 N–H and O–H groups in total. The molecule has 0 atom stereocenters. The van der Waals surface area contributed by atoms with Gasteiger partial charge in [0.05, 0.1) is 19.8 Å². The monoisotopic (exact) mass is 315 g/mol. The lowest BCUT2D eigenvalue weighted by Crippen LogP contribution is -2.41. The van der Waals surface area contributed by atoms with Gasteiger partial charge >= 0.3 is 0 Å². The van der Waals surface area contributed by atoms with Crippen LogP contribution in [0.3, 0.4) is 0 Å². The van der Waals surface area contributed by atoms with Gasteiger partial charge in [-0.2, -0.15) is 0 Å². The van der Waals surface area contributed by atoms with Crippen LogP contribution >= 0.6 is 0 Å². The summed E-state index contributed by atoms with van der Waals surface area (Å²) in [5, 5.41) is 0. The van der Waals surface area contributed by atoms with Crippen LogP contribution in [0.2, 0.25) is 0 Å². The van der Waals surface area contributed by atoms with Crippen molar-refractivity contribution >= 4 is 5.91 Å². The molecule has 1 aromatic rings. The van der Waals surface area contributed by atoms with E-state index in [9.17, 15) is 4.79 Å². The molecule has 1 fully saturated rings. The van der Waals surface area contributed by atoms with Crippen LogP contribution in [0.4, 0.5) is 0 Å². The van der Waals surface area contributed by atoms with Crippen LogP contribution in [-0.2, 0) is 14.3 Å². The Kier molecular flexibility index (Phi) is 7.65. The van der Waals surface area contributed by atoms with Crippen LogP contribution in [0.1, 0.15) is 31.2 Å². The summed E-state index contributed by atoms with van der Waals surface area (Å²) in [6.07, 6.45) is 4.50. The van der Waals surface area contributed by atoms with E-state index in [-0.39, 0.29) is 12.5 Å². The first-order valence-corrected chi connectivity index (χ1v) is 8.21. The fourth-order valence-electron chi connectivity index (χ4n) is 2.77. The lowest BCUT2D eigenvalue weighted by molar-refractivity contribution is -0.138. The SMILES string of the molecule is COCCOCC(=O)N(CC#Cc1ccccc1)C1CCCC1. The van der Waals surface area contributed by atoms with E-state index in [2.05, 4.69) is 11.8 Å². The number of rotatable bonds is 7. The van der Waals surface area contributed by atoms with Crippen LogP contribution in [0.25, 0.3) is 0 Å². The van der Waals surface area contributed by atoms with Gasteiger partial charge in [-0.25, -0.2) is 0 Å². The van der Waals surface area contributed by atoms with Gasteiger partial charge in [0.2, 0.25) is 5.91 Å². The molecule has 1 saturated carbocycles. The molecule has 0 saturated heterocycles. The third-order valence-electron chi connectivity index (χ3n) is 4.00. The van der Waals surface area contributed by atoms with Crippen molar-refractivity contribution in [2.24, 2.45) is 0 Å². The number of ether oxygens (including phenoxy) is 2. The van der Waals surface area contributed by atoms with Gasteiger partial charge < -0.3 is 14.4 Å². The first kappa shape index (κ1) is 17.5. The summed E-state index contributed by atoms with van der Waals surface area (Å²) in [6, 6.07) is 10.2. The molecule has 23 heavy (non-hydrogen) atoms. The zero-order valence-corrected chi connectivity index (χ0v) is 13.8. The van der Waals surface area contributed by atoms with E-state index in [0.717, 1.165) is 18.4 Å². The zero-order valence-electron chi connectivity index (χ0n) is 13.8. The maximum absolute atomic E-state index is 12.4. The first-order chi connectivity index (χ1) is 11.3. The van der Waals surface area contributed by atoms with E-state index in [1.165, 1.54) is 12.8 Å². The molecule has 124 valence electrons. The number of carbonyl (C=O) groups excluding carboxylic acids is 1. The molecular weight excluding hydrogens is 290 g/mol. The summed E-state index contributed by atoms with van der Waals surface area (Å²) in [4.78, 5) is 14.3. The molecule has 0 aromatic heterocycles. The minimum atomic E-state index is 0.0235. The van der Waals surface area contributed by atoms with Gasteiger partial charge in [-0.3, -0.25) is 4.79 Å². The Morgan fingerprint density at radius 2 is 1.96 bits per heavy atom. The highest BCUT2D eigenvalue weighted by Gasteiger charge is 2.25. The molecule has 4 nitrogen and oxygen atoms in total. The Bertz CT molecular complexity index is 527. The second-order valence-corrected chi connectivity index (χ2v) is 5.67. The Morgan fingerprint density at radius 1 is 1.22 bits per heavy atom. The molecule has 1 aliphatic carbocycles. The van der Waals surface area contributed by atoms with E-state index in [0.29, 0.717) is 25.8 Å². The van der Waals surface area contributed by atoms with Crippen molar-refractivity contribution in [2.75, 3.05) is 33.5 Å². The largest absolute Gasteiger partial charge is 0.382 e. The molecule has 0 radical (unpaired) electrons. The van der Waals surface area contributed by atoms with Crippen LogP contribution in [0.15, 0.2) is 30.3 Å². The van der Waals surface area contributed by atoms with Crippen LogP contribution in [0, 0.1) is 11.8 Å². The summed E-state index contributed by atoms with van der Waals surface area (Å²) < 4.78 is 10.3. The Balaban J connectivity index is 1.91. The van der Waals surface area contributed by atoms with Gasteiger partial charge in [-0.05, 0) is 25.0 Å².